The number of aromatic nitrogens is 1. The summed E-state index contributed by atoms with van der Waals surface area (Å²) in [6, 6.07) is 5.38. The number of nitrogens with one attached hydrogen (secondary N) is 4. The third kappa shape index (κ3) is 6.05. The monoisotopic (exact) mass is 429 g/mol. The van der Waals surface area contributed by atoms with Gasteiger partial charge in [-0.1, -0.05) is 18.2 Å². The van der Waals surface area contributed by atoms with Gasteiger partial charge in [-0.3, -0.25) is 9.59 Å². The van der Waals surface area contributed by atoms with Crippen LogP contribution in [0, 0.1) is 0 Å². The van der Waals surface area contributed by atoms with Crippen molar-refractivity contribution in [1.82, 2.24) is 20.9 Å². The van der Waals surface area contributed by atoms with E-state index in [2.05, 4.69) is 20.9 Å². The summed E-state index contributed by atoms with van der Waals surface area (Å²) in [4.78, 5) is 40.5. The Balaban J connectivity index is 1.68. The number of rotatable bonds is 11. The molecule has 9 heteroatoms. The molecule has 0 saturated carbocycles. The number of carboxylic acids is 1. The molecule has 3 atom stereocenters. The molecule has 1 aliphatic rings. The Morgan fingerprint density at radius 3 is 2.68 bits per heavy atom. The summed E-state index contributed by atoms with van der Waals surface area (Å²) in [6.45, 7) is 1.26. The summed E-state index contributed by atoms with van der Waals surface area (Å²) in [5, 5.41) is 19.2. The van der Waals surface area contributed by atoms with Crippen LogP contribution in [-0.4, -0.2) is 59.1 Å². The van der Waals surface area contributed by atoms with Gasteiger partial charge in [0.15, 0.2) is 0 Å². The lowest BCUT2D eigenvalue weighted by atomic mass is 10.0. The first-order valence-electron chi connectivity index (χ1n) is 10.8. The van der Waals surface area contributed by atoms with Crippen LogP contribution in [-0.2, 0) is 20.8 Å². The van der Waals surface area contributed by atoms with Crippen molar-refractivity contribution in [2.45, 2.75) is 56.7 Å². The molecular formula is C22H31N5O4. The van der Waals surface area contributed by atoms with Crippen LogP contribution in [0.15, 0.2) is 30.5 Å². The lowest BCUT2D eigenvalue weighted by Crippen LogP contribution is -2.54. The van der Waals surface area contributed by atoms with Gasteiger partial charge in [0.2, 0.25) is 11.8 Å². The van der Waals surface area contributed by atoms with Crippen LogP contribution in [0.25, 0.3) is 10.9 Å². The first-order chi connectivity index (χ1) is 15.0. The molecule has 1 saturated heterocycles. The molecule has 0 bridgehead atoms. The first-order valence-corrected chi connectivity index (χ1v) is 10.8. The van der Waals surface area contributed by atoms with Gasteiger partial charge in [0.05, 0.1) is 6.04 Å². The van der Waals surface area contributed by atoms with Gasteiger partial charge in [0, 0.05) is 23.5 Å². The molecule has 31 heavy (non-hydrogen) atoms. The molecule has 0 radical (unpaired) electrons. The van der Waals surface area contributed by atoms with E-state index in [-0.39, 0.29) is 18.4 Å². The van der Waals surface area contributed by atoms with E-state index in [1.807, 2.05) is 24.3 Å². The molecular weight excluding hydrogens is 398 g/mol. The summed E-state index contributed by atoms with van der Waals surface area (Å²) in [7, 11) is 0. The highest BCUT2D eigenvalue weighted by molar-refractivity contribution is 5.92. The van der Waals surface area contributed by atoms with Gasteiger partial charge in [-0.25, -0.2) is 4.79 Å². The summed E-state index contributed by atoms with van der Waals surface area (Å²) in [5.41, 5.74) is 7.27. The van der Waals surface area contributed by atoms with Crippen LogP contribution in [0.1, 0.15) is 37.7 Å². The van der Waals surface area contributed by atoms with Gasteiger partial charge in [0.1, 0.15) is 12.1 Å². The minimum atomic E-state index is -1.12. The number of hydrogen-bond acceptors (Lipinski definition) is 5. The van der Waals surface area contributed by atoms with Gasteiger partial charge in [-0.15, -0.1) is 0 Å². The number of carbonyl (C=O) groups is 3. The molecule has 2 amide bonds. The van der Waals surface area contributed by atoms with Crippen molar-refractivity contribution in [3.05, 3.63) is 36.0 Å². The molecule has 0 spiro atoms. The average molecular weight is 430 g/mol. The zero-order valence-corrected chi connectivity index (χ0v) is 17.5. The second-order valence-electron chi connectivity index (χ2n) is 7.96. The number of aromatic amines is 1. The number of carboxylic acid groups (broad SMARTS) is 1. The van der Waals surface area contributed by atoms with Crippen molar-refractivity contribution in [2.75, 3.05) is 13.1 Å². The van der Waals surface area contributed by atoms with Crippen molar-refractivity contribution in [3.8, 4) is 0 Å². The number of amides is 2. The second-order valence-corrected chi connectivity index (χ2v) is 7.96. The molecule has 1 fully saturated rings. The van der Waals surface area contributed by atoms with Gasteiger partial charge < -0.3 is 31.8 Å². The van der Waals surface area contributed by atoms with E-state index >= 15 is 0 Å². The highest BCUT2D eigenvalue weighted by Crippen LogP contribution is 2.19. The molecule has 0 unspecified atom stereocenters. The topological polar surface area (TPSA) is 149 Å². The van der Waals surface area contributed by atoms with Crippen molar-refractivity contribution < 1.29 is 19.5 Å². The molecule has 7 N–H and O–H groups in total. The number of nitrogens with two attached hydrogens (primary N) is 1. The number of unbranched alkanes of at least 4 members (excludes halogenated alkanes) is 1. The smallest absolute Gasteiger partial charge is 0.326 e. The van der Waals surface area contributed by atoms with E-state index < -0.39 is 24.0 Å². The normalized spacial score (nSPS) is 17.9. The zero-order valence-electron chi connectivity index (χ0n) is 17.5. The van der Waals surface area contributed by atoms with Crippen LogP contribution < -0.4 is 21.7 Å². The maximum absolute atomic E-state index is 12.9. The maximum atomic E-state index is 12.9. The molecule has 1 aromatic heterocycles. The fraction of sp³-hybridized carbons (Fsp3) is 0.500. The number of benzene rings is 1. The second kappa shape index (κ2) is 10.9. The van der Waals surface area contributed by atoms with Crippen LogP contribution in [0.2, 0.25) is 0 Å². The Hall–Kier alpha value is -2.91. The minimum Gasteiger partial charge on any atom is -0.480 e. The summed E-state index contributed by atoms with van der Waals surface area (Å²) in [5.74, 6) is -1.84. The number of fused-ring (bicyclic) bond motifs is 1. The van der Waals surface area contributed by atoms with E-state index in [0.29, 0.717) is 19.4 Å². The average Bonchev–Trinajstić information content (AvgIpc) is 3.43. The number of H-pyrrole nitrogens is 1. The molecule has 168 valence electrons. The van der Waals surface area contributed by atoms with E-state index in [0.717, 1.165) is 42.3 Å². The lowest BCUT2D eigenvalue weighted by Gasteiger charge is -2.23. The third-order valence-corrected chi connectivity index (χ3v) is 5.67. The van der Waals surface area contributed by atoms with Crippen LogP contribution >= 0.6 is 0 Å². The predicted octanol–water partition coefficient (Wildman–Crippen LogP) is 0.646. The predicted molar refractivity (Wildman–Crippen MR) is 117 cm³/mol. The molecule has 0 aliphatic carbocycles. The van der Waals surface area contributed by atoms with Crippen molar-refractivity contribution >= 4 is 28.7 Å². The number of hydrogen-bond donors (Lipinski definition) is 6. The highest BCUT2D eigenvalue weighted by atomic mass is 16.4. The fourth-order valence-electron chi connectivity index (χ4n) is 3.94. The van der Waals surface area contributed by atoms with E-state index in [9.17, 15) is 19.5 Å². The molecule has 2 heterocycles. The largest absolute Gasteiger partial charge is 0.480 e. The SMILES string of the molecule is NCCCC[C@H](NC(=O)[C@@H]1CCCN1)C(=O)N[C@@H](Cc1c[nH]c2ccccc12)C(=O)O. The number of para-hydroxylation sites is 1. The Bertz CT molecular complexity index is 906. The third-order valence-electron chi connectivity index (χ3n) is 5.67. The molecule has 3 rings (SSSR count). The Kier molecular flexibility index (Phi) is 8.02. The number of carbonyl (C=O) groups excluding carboxylic acids is 2. The fourth-order valence-corrected chi connectivity index (χ4v) is 3.94. The Labute approximate surface area is 181 Å². The van der Waals surface area contributed by atoms with Crippen LogP contribution in [0.5, 0.6) is 0 Å². The molecule has 2 aromatic rings. The van der Waals surface area contributed by atoms with Crippen molar-refractivity contribution in [3.63, 3.8) is 0 Å². The molecule has 9 nitrogen and oxygen atoms in total. The zero-order chi connectivity index (χ0) is 22.2. The van der Waals surface area contributed by atoms with Gasteiger partial charge in [0.25, 0.3) is 0 Å². The Morgan fingerprint density at radius 2 is 1.97 bits per heavy atom. The van der Waals surface area contributed by atoms with E-state index in [1.165, 1.54) is 0 Å². The van der Waals surface area contributed by atoms with Gasteiger partial charge in [-0.2, -0.15) is 0 Å². The van der Waals surface area contributed by atoms with Crippen LogP contribution in [0.3, 0.4) is 0 Å². The van der Waals surface area contributed by atoms with Gasteiger partial charge >= 0.3 is 5.97 Å². The van der Waals surface area contributed by atoms with Crippen molar-refractivity contribution in [2.24, 2.45) is 5.73 Å². The van der Waals surface area contributed by atoms with E-state index in [4.69, 9.17) is 5.73 Å². The molecule has 1 aliphatic heterocycles. The highest BCUT2D eigenvalue weighted by Gasteiger charge is 2.30. The van der Waals surface area contributed by atoms with E-state index in [1.54, 1.807) is 6.20 Å². The van der Waals surface area contributed by atoms with Crippen LogP contribution in [0.4, 0.5) is 0 Å². The maximum Gasteiger partial charge on any atom is 0.326 e. The van der Waals surface area contributed by atoms with Gasteiger partial charge in [-0.05, 0) is 56.8 Å². The summed E-state index contributed by atoms with van der Waals surface area (Å²) in [6.07, 6.45) is 5.32. The summed E-state index contributed by atoms with van der Waals surface area (Å²) < 4.78 is 0. The Morgan fingerprint density at radius 1 is 1.16 bits per heavy atom. The number of aliphatic carboxylic acids is 1. The van der Waals surface area contributed by atoms with Crippen molar-refractivity contribution in [1.29, 1.82) is 0 Å². The quantitative estimate of drug-likeness (QED) is 0.289. The minimum absolute atomic E-state index is 0.138. The molecule has 1 aromatic carbocycles. The summed E-state index contributed by atoms with van der Waals surface area (Å²) >= 11 is 0. The standard InChI is InChI=1S/C22H31N5O4/c23-10-4-3-8-18(26-20(28)17-9-5-11-24-17)21(29)27-19(22(30)31)12-14-13-25-16-7-2-1-6-15(14)16/h1-2,6-7,13,17-19,24-25H,3-5,8-12,23H2,(H,26,28)(H,27,29)(H,30,31)/t17-,18-,19-/m0/s1. The lowest BCUT2D eigenvalue weighted by molar-refractivity contribution is -0.142. The first kappa shape index (κ1) is 22.8.